The van der Waals surface area contributed by atoms with Crippen LogP contribution < -0.4 is 15.9 Å². The molecule has 0 spiro atoms. The molecule has 2 aromatic rings. The number of rotatable bonds is 2. The summed E-state index contributed by atoms with van der Waals surface area (Å²) in [5, 5.41) is 18.6. The van der Waals surface area contributed by atoms with Gasteiger partial charge in [-0.1, -0.05) is 0 Å². The predicted octanol–water partition coefficient (Wildman–Crippen LogP) is 1.72. The van der Waals surface area contributed by atoms with Gasteiger partial charge in [0, 0.05) is 15.8 Å². The van der Waals surface area contributed by atoms with Crippen LogP contribution >= 0.6 is 11.3 Å². The number of nitrogens with zero attached hydrogens (tertiary/aromatic N) is 1. The largest absolute Gasteiger partial charge is 0.458 e. The third-order valence-electron chi connectivity index (χ3n) is 3.33. The number of aliphatic hydroxyl groups excluding tert-OH is 1. The van der Waals surface area contributed by atoms with Gasteiger partial charge in [-0.15, -0.1) is 11.3 Å². The van der Waals surface area contributed by atoms with Gasteiger partial charge in [0.2, 0.25) is 17.1 Å². The Morgan fingerprint density at radius 3 is 2.86 bits per heavy atom. The van der Waals surface area contributed by atoms with Gasteiger partial charge in [-0.3, -0.25) is 4.79 Å². The second-order valence-electron chi connectivity index (χ2n) is 4.80. The molecule has 112 valence electrons. The summed E-state index contributed by atoms with van der Waals surface area (Å²) in [6, 6.07) is 6.94. The number of ether oxygens (including phenoxy) is 1. The fraction of sp³-hybridized carbons (Fsp3) is 0.200. The van der Waals surface area contributed by atoms with E-state index in [9.17, 15) is 15.2 Å². The van der Waals surface area contributed by atoms with Gasteiger partial charge in [0.05, 0.1) is 5.92 Å². The Hall–Kier alpha value is -2.56. The number of nitriles is 1. The lowest BCUT2D eigenvalue weighted by atomic mass is 9.93. The molecule has 3 rings (SSSR count). The number of aliphatic hydroxyl groups is 1. The van der Waals surface area contributed by atoms with Crippen LogP contribution in [0.25, 0.3) is 0 Å². The Morgan fingerprint density at radius 2 is 2.27 bits per heavy atom. The van der Waals surface area contributed by atoms with Crippen LogP contribution in [0.15, 0.2) is 38.9 Å². The molecule has 0 fully saturated rings. The van der Waals surface area contributed by atoms with Gasteiger partial charge in [-0.05, 0) is 19.1 Å². The van der Waals surface area contributed by atoms with Gasteiger partial charge in [0.15, 0.2) is 5.76 Å². The van der Waals surface area contributed by atoms with Crippen LogP contribution in [0.4, 0.5) is 0 Å². The number of aryl methyl sites for hydroxylation is 1. The van der Waals surface area contributed by atoms with E-state index in [1.54, 1.807) is 0 Å². The Morgan fingerprint density at radius 1 is 1.50 bits per heavy atom. The fourth-order valence-corrected chi connectivity index (χ4v) is 3.34. The number of thiophene rings is 1. The highest BCUT2D eigenvalue weighted by Gasteiger charge is 2.35. The highest BCUT2D eigenvalue weighted by Crippen LogP contribution is 2.42. The minimum absolute atomic E-state index is 0.0373. The average molecular weight is 316 g/mol. The average Bonchev–Trinajstić information content (AvgIpc) is 2.92. The molecule has 1 atom stereocenters. The summed E-state index contributed by atoms with van der Waals surface area (Å²) in [4.78, 5) is 14.0. The zero-order valence-corrected chi connectivity index (χ0v) is 12.4. The number of fused-ring (bicyclic) bond motifs is 1. The predicted molar refractivity (Wildman–Crippen MR) is 79.3 cm³/mol. The summed E-state index contributed by atoms with van der Waals surface area (Å²) in [7, 11) is 0. The molecule has 0 saturated carbocycles. The quantitative estimate of drug-likeness (QED) is 0.873. The van der Waals surface area contributed by atoms with Crippen molar-refractivity contribution in [1.29, 1.82) is 5.26 Å². The van der Waals surface area contributed by atoms with E-state index in [0.717, 1.165) is 15.8 Å². The molecule has 6 nitrogen and oxygen atoms in total. The van der Waals surface area contributed by atoms with E-state index in [-0.39, 0.29) is 28.7 Å². The monoisotopic (exact) mass is 316 g/mol. The van der Waals surface area contributed by atoms with Crippen LogP contribution in [0.3, 0.4) is 0 Å². The van der Waals surface area contributed by atoms with E-state index in [4.69, 9.17) is 14.9 Å². The molecule has 2 aromatic heterocycles. The van der Waals surface area contributed by atoms with Crippen LogP contribution in [0.1, 0.15) is 27.2 Å². The van der Waals surface area contributed by atoms with Crippen molar-refractivity contribution in [2.75, 3.05) is 0 Å². The first-order valence-corrected chi connectivity index (χ1v) is 7.28. The lowest BCUT2D eigenvalue weighted by Gasteiger charge is -2.23. The second-order valence-corrected chi connectivity index (χ2v) is 6.12. The molecular weight excluding hydrogens is 304 g/mol. The van der Waals surface area contributed by atoms with E-state index in [1.165, 1.54) is 11.3 Å². The fourth-order valence-electron chi connectivity index (χ4n) is 2.36. The number of hydrogen-bond acceptors (Lipinski definition) is 7. The van der Waals surface area contributed by atoms with E-state index < -0.39 is 18.0 Å². The maximum Gasteiger partial charge on any atom is 0.228 e. The lowest BCUT2D eigenvalue weighted by Crippen LogP contribution is -2.25. The normalized spacial score (nSPS) is 16.9. The molecule has 0 saturated heterocycles. The van der Waals surface area contributed by atoms with Crippen molar-refractivity contribution < 1.29 is 14.3 Å². The van der Waals surface area contributed by atoms with Crippen molar-refractivity contribution in [1.82, 2.24) is 0 Å². The van der Waals surface area contributed by atoms with Crippen molar-refractivity contribution in [3.05, 3.63) is 61.2 Å². The minimum Gasteiger partial charge on any atom is -0.458 e. The zero-order chi connectivity index (χ0) is 15.9. The van der Waals surface area contributed by atoms with Gasteiger partial charge < -0.3 is 20.0 Å². The van der Waals surface area contributed by atoms with Gasteiger partial charge in [-0.25, -0.2) is 0 Å². The smallest absolute Gasteiger partial charge is 0.228 e. The van der Waals surface area contributed by atoms with Crippen molar-refractivity contribution >= 4 is 11.3 Å². The lowest BCUT2D eigenvalue weighted by molar-refractivity contribution is 0.232. The van der Waals surface area contributed by atoms with E-state index in [0.29, 0.717) is 0 Å². The SMILES string of the molecule is Cc1ccc([C@H]2C(C#N)=C(N)Oc3c2oc(CO)cc3=O)s1. The van der Waals surface area contributed by atoms with Crippen LogP contribution in [0.5, 0.6) is 5.75 Å². The Bertz CT molecular complexity index is 872. The van der Waals surface area contributed by atoms with Crippen LogP contribution in [-0.4, -0.2) is 5.11 Å². The summed E-state index contributed by atoms with van der Waals surface area (Å²) in [5.41, 5.74) is 5.53. The van der Waals surface area contributed by atoms with E-state index in [1.807, 2.05) is 25.1 Å². The Balaban J connectivity index is 2.29. The number of nitrogens with two attached hydrogens (primary N) is 1. The first-order valence-electron chi connectivity index (χ1n) is 6.46. The molecule has 7 heteroatoms. The van der Waals surface area contributed by atoms with Crippen LogP contribution in [0.2, 0.25) is 0 Å². The van der Waals surface area contributed by atoms with Gasteiger partial charge in [-0.2, -0.15) is 5.26 Å². The molecule has 3 heterocycles. The highest BCUT2D eigenvalue weighted by molar-refractivity contribution is 7.12. The standard InChI is InChI=1S/C15H12N2O4S/c1-7-2-3-11(22-7)12-9(5-16)15(17)21-13-10(19)4-8(6-18)20-14(12)13/h2-4,12,18H,6,17H2,1H3/t12-/m1/s1. The van der Waals surface area contributed by atoms with Crippen molar-refractivity contribution in [2.24, 2.45) is 5.73 Å². The van der Waals surface area contributed by atoms with Crippen LogP contribution in [0, 0.1) is 18.3 Å². The van der Waals surface area contributed by atoms with Gasteiger partial charge in [0.1, 0.15) is 24.0 Å². The summed E-state index contributed by atoms with van der Waals surface area (Å²) >= 11 is 1.48. The molecule has 0 radical (unpaired) electrons. The maximum atomic E-state index is 12.1. The molecule has 0 bridgehead atoms. The van der Waals surface area contributed by atoms with Crippen LogP contribution in [-0.2, 0) is 6.61 Å². The summed E-state index contributed by atoms with van der Waals surface area (Å²) in [5.74, 6) is -0.431. The maximum absolute atomic E-state index is 12.1. The molecule has 0 aromatic carbocycles. The summed E-state index contributed by atoms with van der Waals surface area (Å²) < 4.78 is 10.9. The first-order chi connectivity index (χ1) is 10.5. The number of allylic oxidation sites excluding steroid dienone is 1. The topological polar surface area (TPSA) is 109 Å². The third kappa shape index (κ3) is 2.19. The van der Waals surface area contributed by atoms with E-state index >= 15 is 0 Å². The van der Waals surface area contributed by atoms with Gasteiger partial charge in [0.25, 0.3) is 0 Å². The molecule has 0 amide bonds. The Labute approximate surface area is 129 Å². The van der Waals surface area contributed by atoms with Crippen molar-refractivity contribution in [3.63, 3.8) is 0 Å². The molecule has 22 heavy (non-hydrogen) atoms. The molecule has 1 aliphatic heterocycles. The number of hydrogen-bond donors (Lipinski definition) is 2. The van der Waals surface area contributed by atoms with E-state index in [2.05, 4.69) is 0 Å². The van der Waals surface area contributed by atoms with Crippen molar-refractivity contribution in [3.8, 4) is 11.8 Å². The second kappa shape index (κ2) is 5.33. The minimum atomic E-state index is -0.605. The summed E-state index contributed by atoms with van der Waals surface area (Å²) in [6.45, 7) is 1.52. The molecule has 1 aliphatic rings. The summed E-state index contributed by atoms with van der Waals surface area (Å²) in [6.07, 6.45) is 0. The highest BCUT2D eigenvalue weighted by atomic mass is 32.1. The molecular formula is C15H12N2O4S. The molecule has 0 aliphatic carbocycles. The van der Waals surface area contributed by atoms with Gasteiger partial charge >= 0.3 is 0 Å². The van der Waals surface area contributed by atoms with Crippen molar-refractivity contribution in [2.45, 2.75) is 19.4 Å². The third-order valence-corrected chi connectivity index (χ3v) is 4.40. The Kier molecular flexibility index (Phi) is 3.48. The zero-order valence-electron chi connectivity index (χ0n) is 11.6. The first kappa shape index (κ1) is 14.4. The molecule has 0 unspecified atom stereocenters. The molecule has 3 N–H and O–H groups in total.